The van der Waals surface area contributed by atoms with Crippen LogP contribution in [0.15, 0.2) is 30.3 Å². The van der Waals surface area contributed by atoms with E-state index in [1.54, 1.807) is 18.2 Å². The van der Waals surface area contributed by atoms with Crippen LogP contribution in [0.4, 0.5) is 11.8 Å². The summed E-state index contributed by atoms with van der Waals surface area (Å²) in [6.07, 6.45) is 0.807. The highest BCUT2D eigenvalue weighted by Gasteiger charge is 2.00. The van der Waals surface area contributed by atoms with Gasteiger partial charge in [-0.3, -0.25) is 0 Å². The molecule has 5 nitrogen and oxygen atoms in total. The maximum atomic E-state index is 9.16. The first-order valence-corrected chi connectivity index (χ1v) is 5.83. The zero-order valence-electron chi connectivity index (χ0n) is 9.60. The molecule has 0 aliphatic carbocycles. The van der Waals surface area contributed by atoms with Crippen molar-refractivity contribution in [2.24, 2.45) is 0 Å². The van der Waals surface area contributed by atoms with Crippen molar-refractivity contribution in [3.8, 4) is 5.75 Å². The van der Waals surface area contributed by atoms with Gasteiger partial charge in [0.05, 0.1) is 0 Å². The van der Waals surface area contributed by atoms with Gasteiger partial charge in [0.2, 0.25) is 5.95 Å². The first-order valence-electron chi connectivity index (χ1n) is 5.45. The number of nitrogens with zero attached hydrogens (tertiary/aromatic N) is 2. The number of nitrogen functional groups attached to an aromatic ring is 1. The van der Waals surface area contributed by atoms with Gasteiger partial charge < -0.3 is 16.2 Å². The predicted molar refractivity (Wildman–Crippen MR) is 71.8 cm³/mol. The topological polar surface area (TPSA) is 84.1 Å². The van der Waals surface area contributed by atoms with Crippen LogP contribution in [0.3, 0.4) is 0 Å². The second-order valence-electron chi connectivity index (χ2n) is 3.78. The standard InChI is InChI=1S/C12H13ClN4O/c13-10-7-11(17-12(14)16-10)15-6-5-8-1-3-9(18)4-2-8/h1-4,7,18H,5-6H2,(H3,14,15,16,17). The van der Waals surface area contributed by atoms with Gasteiger partial charge in [-0.1, -0.05) is 23.7 Å². The molecule has 4 N–H and O–H groups in total. The second-order valence-corrected chi connectivity index (χ2v) is 4.16. The van der Waals surface area contributed by atoms with Crippen molar-refractivity contribution in [2.45, 2.75) is 6.42 Å². The molecule has 0 amide bonds. The van der Waals surface area contributed by atoms with E-state index in [0.29, 0.717) is 17.5 Å². The molecule has 1 aromatic heterocycles. The lowest BCUT2D eigenvalue weighted by atomic mass is 10.1. The number of halogens is 1. The number of anilines is 2. The molecule has 0 saturated heterocycles. The van der Waals surface area contributed by atoms with Gasteiger partial charge in [0.1, 0.15) is 16.7 Å². The summed E-state index contributed by atoms with van der Waals surface area (Å²) in [5, 5.41) is 12.6. The molecule has 0 bridgehead atoms. The molecule has 0 fully saturated rings. The molecule has 0 spiro atoms. The van der Waals surface area contributed by atoms with E-state index in [2.05, 4.69) is 15.3 Å². The lowest BCUT2D eigenvalue weighted by Crippen LogP contribution is -2.08. The monoisotopic (exact) mass is 264 g/mol. The normalized spacial score (nSPS) is 10.3. The number of aromatic nitrogens is 2. The summed E-state index contributed by atoms with van der Waals surface area (Å²) in [7, 11) is 0. The highest BCUT2D eigenvalue weighted by atomic mass is 35.5. The summed E-state index contributed by atoms with van der Waals surface area (Å²) in [4.78, 5) is 7.78. The van der Waals surface area contributed by atoms with Crippen LogP contribution in [0.1, 0.15) is 5.56 Å². The van der Waals surface area contributed by atoms with Crippen LogP contribution in [0.2, 0.25) is 5.15 Å². The van der Waals surface area contributed by atoms with E-state index in [9.17, 15) is 0 Å². The van der Waals surface area contributed by atoms with E-state index in [0.717, 1.165) is 12.0 Å². The van der Waals surface area contributed by atoms with Crippen molar-refractivity contribution in [1.82, 2.24) is 9.97 Å². The van der Waals surface area contributed by atoms with E-state index in [1.165, 1.54) is 0 Å². The zero-order valence-corrected chi connectivity index (χ0v) is 10.4. The molecule has 1 heterocycles. The maximum absolute atomic E-state index is 9.16. The molecule has 94 valence electrons. The summed E-state index contributed by atoms with van der Waals surface area (Å²) in [5.41, 5.74) is 6.60. The molecule has 0 atom stereocenters. The predicted octanol–water partition coefficient (Wildman–Crippen LogP) is 2.07. The third kappa shape index (κ3) is 3.49. The van der Waals surface area contributed by atoms with Crippen molar-refractivity contribution in [3.63, 3.8) is 0 Å². The Morgan fingerprint density at radius 2 is 1.94 bits per heavy atom. The Morgan fingerprint density at radius 3 is 2.61 bits per heavy atom. The maximum Gasteiger partial charge on any atom is 0.223 e. The van der Waals surface area contributed by atoms with Gasteiger partial charge in [-0.05, 0) is 24.1 Å². The largest absolute Gasteiger partial charge is 0.508 e. The van der Waals surface area contributed by atoms with Crippen LogP contribution in [-0.4, -0.2) is 21.6 Å². The molecule has 0 aliphatic heterocycles. The number of nitrogens with one attached hydrogen (secondary N) is 1. The molecule has 0 unspecified atom stereocenters. The van der Waals surface area contributed by atoms with Crippen LogP contribution in [0.5, 0.6) is 5.75 Å². The molecule has 0 radical (unpaired) electrons. The van der Waals surface area contributed by atoms with Crippen LogP contribution in [-0.2, 0) is 6.42 Å². The van der Waals surface area contributed by atoms with E-state index in [-0.39, 0.29) is 11.7 Å². The first-order chi connectivity index (χ1) is 8.63. The molecular formula is C12H13ClN4O. The molecule has 18 heavy (non-hydrogen) atoms. The minimum absolute atomic E-state index is 0.148. The summed E-state index contributed by atoms with van der Waals surface area (Å²) in [5.74, 6) is 1.02. The summed E-state index contributed by atoms with van der Waals surface area (Å²) in [6.45, 7) is 0.692. The average molecular weight is 265 g/mol. The Morgan fingerprint density at radius 1 is 1.22 bits per heavy atom. The average Bonchev–Trinajstić information content (AvgIpc) is 2.30. The van der Waals surface area contributed by atoms with Gasteiger partial charge in [0.25, 0.3) is 0 Å². The number of phenols is 1. The lowest BCUT2D eigenvalue weighted by molar-refractivity contribution is 0.475. The van der Waals surface area contributed by atoms with Crippen LogP contribution in [0.25, 0.3) is 0 Å². The molecule has 0 aliphatic rings. The summed E-state index contributed by atoms with van der Waals surface area (Å²) >= 11 is 5.76. The Balaban J connectivity index is 1.90. The first kappa shape index (κ1) is 12.4. The van der Waals surface area contributed by atoms with Crippen molar-refractivity contribution in [2.75, 3.05) is 17.6 Å². The Bertz CT molecular complexity index is 510. The minimum Gasteiger partial charge on any atom is -0.508 e. The highest BCUT2D eigenvalue weighted by molar-refractivity contribution is 6.29. The summed E-state index contributed by atoms with van der Waals surface area (Å²) < 4.78 is 0. The van der Waals surface area contributed by atoms with Crippen LogP contribution in [0, 0.1) is 0 Å². The van der Waals surface area contributed by atoms with E-state index < -0.39 is 0 Å². The number of benzene rings is 1. The SMILES string of the molecule is Nc1nc(Cl)cc(NCCc2ccc(O)cc2)n1. The molecular weight excluding hydrogens is 252 g/mol. The van der Waals surface area contributed by atoms with Crippen molar-refractivity contribution in [1.29, 1.82) is 0 Å². The fourth-order valence-electron chi connectivity index (χ4n) is 1.52. The van der Waals surface area contributed by atoms with Gasteiger partial charge in [-0.15, -0.1) is 0 Å². The van der Waals surface area contributed by atoms with Crippen molar-refractivity contribution in [3.05, 3.63) is 41.0 Å². The zero-order chi connectivity index (χ0) is 13.0. The number of rotatable bonds is 4. The van der Waals surface area contributed by atoms with Gasteiger partial charge in [0, 0.05) is 12.6 Å². The van der Waals surface area contributed by atoms with Gasteiger partial charge in [-0.25, -0.2) is 4.98 Å². The van der Waals surface area contributed by atoms with Crippen LogP contribution >= 0.6 is 11.6 Å². The molecule has 1 aromatic carbocycles. The van der Waals surface area contributed by atoms with Gasteiger partial charge >= 0.3 is 0 Å². The number of phenolic OH excluding ortho intramolecular Hbond substituents is 1. The van der Waals surface area contributed by atoms with E-state index >= 15 is 0 Å². The third-order valence-corrected chi connectivity index (χ3v) is 2.56. The molecule has 2 aromatic rings. The number of aromatic hydroxyl groups is 1. The molecule has 2 rings (SSSR count). The van der Waals surface area contributed by atoms with Crippen molar-refractivity contribution < 1.29 is 5.11 Å². The van der Waals surface area contributed by atoms with Gasteiger partial charge in [0.15, 0.2) is 0 Å². The Hall–Kier alpha value is -2.01. The molecule has 0 saturated carbocycles. The quantitative estimate of drug-likeness (QED) is 0.736. The summed E-state index contributed by atoms with van der Waals surface area (Å²) in [6, 6.07) is 8.69. The van der Waals surface area contributed by atoms with E-state index in [1.807, 2.05) is 12.1 Å². The second kappa shape index (κ2) is 5.55. The van der Waals surface area contributed by atoms with E-state index in [4.69, 9.17) is 22.4 Å². The van der Waals surface area contributed by atoms with Crippen molar-refractivity contribution >= 4 is 23.4 Å². The smallest absolute Gasteiger partial charge is 0.223 e. The number of hydrogen-bond acceptors (Lipinski definition) is 5. The lowest BCUT2D eigenvalue weighted by Gasteiger charge is -2.06. The number of hydrogen-bond donors (Lipinski definition) is 3. The highest BCUT2D eigenvalue weighted by Crippen LogP contribution is 2.13. The fraction of sp³-hybridized carbons (Fsp3) is 0.167. The number of nitrogens with two attached hydrogens (primary N) is 1. The molecule has 6 heteroatoms. The van der Waals surface area contributed by atoms with Gasteiger partial charge in [-0.2, -0.15) is 4.98 Å². The minimum atomic E-state index is 0.148. The Kier molecular flexibility index (Phi) is 3.84. The third-order valence-electron chi connectivity index (χ3n) is 2.37. The fourth-order valence-corrected chi connectivity index (χ4v) is 1.71. The van der Waals surface area contributed by atoms with Crippen LogP contribution < -0.4 is 11.1 Å². The Labute approximate surface area is 110 Å².